The molecular formula is C21H25N2O+. The Labute approximate surface area is 143 Å². The highest BCUT2D eigenvalue weighted by molar-refractivity contribution is 5.97. The number of benzene rings is 2. The van der Waals surface area contributed by atoms with Crippen molar-refractivity contribution in [2.45, 2.75) is 38.3 Å². The summed E-state index contributed by atoms with van der Waals surface area (Å²) < 4.78 is 2.39. The standard InChI is InChI=1S/C21H25N2O/c1-17-11-13-19(14-12-17)23-20-10-6-3-7-15-22(20)16-21(23,24)18-8-4-2-5-9-18/h2,4-5,8-9,11-14,24H,3,6-7,10,15-16H2,1H3/q+1/t21-/m0/s1. The van der Waals surface area contributed by atoms with Crippen LogP contribution in [0, 0.1) is 6.92 Å². The molecule has 1 atom stereocenters. The van der Waals surface area contributed by atoms with E-state index in [9.17, 15) is 5.11 Å². The van der Waals surface area contributed by atoms with E-state index in [1.807, 2.05) is 30.3 Å². The highest BCUT2D eigenvalue weighted by atomic mass is 16.3. The molecule has 124 valence electrons. The molecule has 0 fully saturated rings. The quantitative estimate of drug-likeness (QED) is 0.855. The zero-order chi connectivity index (χ0) is 16.6. The number of aryl methyl sites for hydroxylation is 1. The van der Waals surface area contributed by atoms with Crippen LogP contribution in [-0.4, -0.2) is 28.6 Å². The molecule has 0 amide bonds. The van der Waals surface area contributed by atoms with Gasteiger partial charge in [0.1, 0.15) is 5.69 Å². The van der Waals surface area contributed by atoms with E-state index in [4.69, 9.17) is 0 Å². The predicted octanol–water partition coefficient (Wildman–Crippen LogP) is 3.65. The highest BCUT2D eigenvalue weighted by Gasteiger charge is 2.53. The van der Waals surface area contributed by atoms with Gasteiger partial charge in [-0.25, -0.2) is 0 Å². The molecule has 3 heteroatoms. The Morgan fingerprint density at radius 1 is 0.958 bits per heavy atom. The summed E-state index contributed by atoms with van der Waals surface area (Å²) in [7, 11) is 0. The van der Waals surface area contributed by atoms with Crippen molar-refractivity contribution >= 4 is 11.5 Å². The first-order valence-corrected chi connectivity index (χ1v) is 8.94. The van der Waals surface area contributed by atoms with E-state index in [-0.39, 0.29) is 0 Å². The van der Waals surface area contributed by atoms with E-state index in [2.05, 4.69) is 40.7 Å². The van der Waals surface area contributed by atoms with Gasteiger partial charge < -0.3 is 5.11 Å². The van der Waals surface area contributed by atoms with Crippen LogP contribution < -0.4 is 4.90 Å². The molecule has 2 aromatic carbocycles. The summed E-state index contributed by atoms with van der Waals surface area (Å²) in [6, 6.07) is 18.6. The van der Waals surface area contributed by atoms with Crippen LogP contribution in [0.25, 0.3) is 0 Å². The summed E-state index contributed by atoms with van der Waals surface area (Å²) in [6.07, 6.45) is 4.70. The number of hydrogen-bond acceptors (Lipinski definition) is 2. The Balaban J connectivity index is 1.84. The van der Waals surface area contributed by atoms with Crippen LogP contribution >= 0.6 is 0 Å². The van der Waals surface area contributed by atoms with Crippen LogP contribution in [0.4, 0.5) is 5.69 Å². The third-order valence-corrected chi connectivity index (χ3v) is 5.26. The molecule has 0 bridgehead atoms. The zero-order valence-corrected chi connectivity index (χ0v) is 14.3. The molecule has 2 heterocycles. The van der Waals surface area contributed by atoms with E-state index in [1.165, 1.54) is 30.7 Å². The lowest BCUT2D eigenvalue weighted by Gasteiger charge is -2.29. The largest absolute Gasteiger partial charge is 0.346 e. The summed E-state index contributed by atoms with van der Waals surface area (Å²) in [5.74, 6) is 1.27. The van der Waals surface area contributed by atoms with Crippen molar-refractivity contribution in [1.29, 1.82) is 0 Å². The number of rotatable bonds is 2. The Kier molecular flexibility index (Phi) is 3.89. The van der Waals surface area contributed by atoms with Gasteiger partial charge in [0.2, 0.25) is 0 Å². The third kappa shape index (κ3) is 2.53. The van der Waals surface area contributed by atoms with Gasteiger partial charge in [0.25, 0.3) is 11.6 Å². The fraction of sp³-hybridized carbons (Fsp3) is 0.381. The maximum Gasteiger partial charge on any atom is 0.275 e. The van der Waals surface area contributed by atoms with Gasteiger partial charge in [-0.2, -0.15) is 4.90 Å². The third-order valence-electron chi connectivity index (χ3n) is 5.26. The maximum atomic E-state index is 11.7. The van der Waals surface area contributed by atoms with Crippen molar-refractivity contribution in [1.82, 2.24) is 0 Å². The molecule has 0 spiro atoms. The second-order valence-electron chi connectivity index (χ2n) is 7.00. The van der Waals surface area contributed by atoms with E-state index in [0.717, 1.165) is 24.2 Å². The minimum Gasteiger partial charge on any atom is -0.346 e. The molecule has 24 heavy (non-hydrogen) atoms. The van der Waals surface area contributed by atoms with Gasteiger partial charge in [-0.1, -0.05) is 48.0 Å². The van der Waals surface area contributed by atoms with Crippen LogP contribution in [-0.2, 0) is 5.72 Å². The van der Waals surface area contributed by atoms with Crippen molar-refractivity contribution in [3.05, 3.63) is 65.7 Å². The lowest BCUT2D eigenvalue weighted by molar-refractivity contribution is -0.534. The van der Waals surface area contributed by atoms with Crippen molar-refractivity contribution in [2.24, 2.45) is 0 Å². The van der Waals surface area contributed by atoms with E-state index < -0.39 is 5.72 Å². The lowest BCUT2D eigenvalue weighted by Crippen LogP contribution is -2.47. The Hall–Kier alpha value is -2.13. The van der Waals surface area contributed by atoms with Crippen molar-refractivity contribution in [3.8, 4) is 0 Å². The monoisotopic (exact) mass is 321 g/mol. The van der Waals surface area contributed by atoms with E-state index in [0.29, 0.717) is 6.54 Å². The highest BCUT2D eigenvalue weighted by Crippen LogP contribution is 2.37. The number of amidine groups is 1. The first kappa shape index (κ1) is 15.4. The number of aliphatic hydroxyl groups is 1. The Morgan fingerprint density at radius 3 is 2.46 bits per heavy atom. The van der Waals surface area contributed by atoms with Crippen molar-refractivity contribution in [3.63, 3.8) is 0 Å². The minimum atomic E-state index is -0.997. The predicted molar refractivity (Wildman–Crippen MR) is 97.5 cm³/mol. The summed E-state index contributed by atoms with van der Waals surface area (Å²) in [6.45, 7) is 3.77. The smallest absolute Gasteiger partial charge is 0.275 e. The summed E-state index contributed by atoms with van der Waals surface area (Å²) >= 11 is 0. The van der Waals surface area contributed by atoms with Gasteiger partial charge in [0.15, 0.2) is 6.54 Å². The average molecular weight is 321 g/mol. The van der Waals surface area contributed by atoms with Crippen LogP contribution in [0.3, 0.4) is 0 Å². The lowest BCUT2D eigenvalue weighted by atomic mass is 10.00. The van der Waals surface area contributed by atoms with Crippen LogP contribution in [0.2, 0.25) is 0 Å². The summed E-state index contributed by atoms with van der Waals surface area (Å²) in [5.41, 5.74) is 2.28. The maximum absolute atomic E-state index is 11.7. The average Bonchev–Trinajstić information content (AvgIpc) is 2.74. The molecule has 0 radical (unpaired) electrons. The summed E-state index contributed by atoms with van der Waals surface area (Å²) in [4.78, 5) is 2.17. The molecule has 2 aromatic rings. The molecule has 3 nitrogen and oxygen atoms in total. The van der Waals surface area contributed by atoms with Crippen LogP contribution in [0.5, 0.6) is 0 Å². The zero-order valence-electron chi connectivity index (χ0n) is 14.3. The van der Waals surface area contributed by atoms with Crippen molar-refractivity contribution < 1.29 is 9.68 Å². The van der Waals surface area contributed by atoms with Crippen LogP contribution in [0.15, 0.2) is 54.6 Å². The van der Waals surface area contributed by atoms with E-state index in [1.54, 1.807) is 0 Å². The summed E-state index contributed by atoms with van der Waals surface area (Å²) in [5, 5.41) is 11.7. The minimum absolute atomic E-state index is 0.639. The molecule has 2 aliphatic heterocycles. The van der Waals surface area contributed by atoms with Gasteiger partial charge in [-0.15, -0.1) is 0 Å². The van der Waals surface area contributed by atoms with Crippen LogP contribution in [0.1, 0.15) is 36.8 Å². The molecule has 0 aromatic heterocycles. The molecule has 1 N–H and O–H groups in total. The Morgan fingerprint density at radius 2 is 1.71 bits per heavy atom. The molecular weight excluding hydrogens is 296 g/mol. The first-order valence-electron chi connectivity index (χ1n) is 8.94. The molecule has 2 aliphatic rings. The normalized spacial score (nSPS) is 24.0. The number of anilines is 1. The molecule has 4 rings (SSSR count). The van der Waals surface area contributed by atoms with Crippen molar-refractivity contribution in [2.75, 3.05) is 18.0 Å². The van der Waals surface area contributed by atoms with Gasteiger partial charge >= 0.3 is 0 Å². The fourth-order valence-corrected chi connectivity index (χ4v) is 4.01. The molecule has 0 saturated carbocycles. The van der Waals surface area contributed by atoms with E-state index >= 15 is 0 Å². The topological polar surface area (TPSA) is 26.5 Å². The second-order valence-corrected chi connectivity index (χ2v) is 7.00. The second kappa shape index (κ2) is 6.06. The Bertz CT molecular complexity index is 751. The SMILES string of the molecule is Cc1ccc(N2C3=[N+](CCCCC3)C[C@]2(O)c2ccccc2)cc1. The molecule has 0 aliphatic carbocycles. The molecule has 0 saturated heterocycles. The molecule has 0 unspecified atom stereocenters. The van der Waals surface area contributed by atoms with Gasteiger partial charge in [-0.05, 0) is 38.3 Å². The fourth-order valence-electron chi connectivity index (χ4n) is 4.01. The first-order chi connectivity index (χ1) is 11.7. The van der Waals surface area contributed by atoms with Gasteiger partial charge in [0, 0.05) is 12.0 Å². The number of nitrogens with zero attached hydrogens (tertiary/aromatic N) is 2. The van der Waals surface area contributed by atoms with Gasteiger partial charge in [-0.3, -0.25) is 4.58 Å². The van der Waals surface area contributed by atoms with Gasteiger partial charge in [0.05, 0.1) is 6.54 Å². The number of hydrogen-bond donors (Lipinski definition) is 1.